The summed E-state index contributed by atoms with van der Waals surface area (Å²) in [5, 5.41) is 18.8. The van der Waals surface area contributed by atoms with Crippen molar-refractivity contribution < 1.29 is 18.3 Å². The number of aromatic nitrogens is 4. The van der Waals surface area contributed by atoms with Crippen LogP contribution in [0.15, 0.2) is 53.7 Å². The van der Waals surface area contributed by atoms with Crippen molar-refractivity contribution >= 4 is 27.5 Å². The van der Waals surface area contributed by atoms with Gasteiger partial charge in [-0.15, -0.1) is 10.2 Å². The van der Waals surface area contributed by atoms with Crippen molar-refractivity contribution in [2.45, 2.75) is 75.3 Å². The molecule has 7 rings (SSSR count). The van der Waals surface area contributed by atoms with E-state index >= 15 is 0 Å². The predicted octanol–water partition coefficient (Wildman–Crippen LogP) is 4.40. The Kier molecular flexibility index (Phi) is 6.54. The minimum absolute atomic E-state index is 0.0669. The molecule has 0 unspecified atom stereocenters. The number of aliphatic carboxylic acids is 1. The summed E-state index contributed by atoms with van der Waals surface area (Å²) < 4.78 is 31.5. The normalized spacial score (nSPS) is 20.7. The van der Waals surface area contributed by atoms with E-state index in [1.165, 1.54) is 0 Å². The first-order valence-electron chi connectivity index (χ1n) is 14.6. The van der Waals surface area contributed by atoms with Crippen LogP contribution < -0.4 is 4.90 Å². The molecule has 0 radical (unpaired) electrons. The van der Waals surface area contributed by atoms with E-state index in [4.69, 9.17) is 0 Å². The maximum atomic E-state index is 13.9. The molecule has 11 heteroatoms. The van der Waals surface area contributed by atoms with E-state index in [0.717, 1.165) is 71.5 Å². The second-order valence-electron chi connectivity index (χ2n) is 11.9. The van der Waals surface area contributed by atoms with Gasteiger partial charge in [-0.1, -0.05) is 18.2 Å². The first-order valence-corrected chi connectivity index (χ1v) is 16.0. The van der Waals surface area contributed by atoms with E-state index in [2.05, 4.69) is 20.1 Å². The highest BCUT2D eigenvalue weighted by Gasteiger charge is 2.40. The molecule has 1 N–H and O–H groups in total. The molecular weight excluding hydrogens is 552 g/mol. The minimum atomic E-state index is -3.79. The fourth-order valence-electron chi connectivity index (χ4n) is 6.69. The third-order valence-corrected chi connectivity index (χ3v) is 11.0. The van der Waals surface area contributed by atoms with E-state index in [0.29, 0.717) is 18.3 Å². The second kappa shape index (κ2) is 10.2. The highest BCUT2D eigenvalue weighted by atomic mass is 32.2. The van der Waals surface area contributed by atoms with E-state index in [9.17, 15) is 18.3 Å². The smallest absolute Gasteiger partial charge is 0.304 e. The molecule has 1 saturated heterocycles. The summed E-state index contributed by atoms with van der Waals surface area (Å²) in [6.07, 6.45) is 7.65. The van der Waals surface area contributed by atoms with Gasteiger partial charge in [0.2, 0.25) is 10.0 Å². The summed E-state index contributed by atoms with van der Waals surface area (Å²) in [5.41, 5.74) is 5.20. The maximum Gasteiger partial charge on any atom is 0.304 e. The van der Waals surface area contributed by atoms with E-state index in [-0.39, 0.29) is 23.9 Å². The van der Waals surface area contributed by atoms with E-state index in [1.54, 1.807) is 22.6 Å². The van der Waals surface area contributed by atoms with Crippen LogP contribution in [0.2, 0.25) is 0 Å². The average Bonchev–Trinajstić information content (AvgIpc) is 3.56. The molecule has 5 heterocycles. The van der Waals surface area contributed by atoms with Crippen LogP contribution in [0.5, 0.6) is 0 Å². The van der Waals surface area contributed by atoms with Crippen molar-refractivity contribution in [1.82, 2.24) is 23.9 Å². The molecular formula is C31H34N6O4S. The lowest BCUT2D eigenvalue weighted by Gasteiger charge is -2.26. The van der Waals surface area contributed by atoms with Gasteiger partial charge in [0.15, 0.2) is 5.65 Å². The topological polar surface area (TPSA) is 121 Å². The summed E-state index contributed by atoms with van der Waals surface area (Å²) >= 11 is 0. The summed E-state index contributed by atoms with van der Waals surface area (Å²) in [7, 11) is -3.79. The van der Waals surface area contributed by atoms with Crippen molar-refractivity contribution in [1.29, 1.82) is 0 Å². The second-order valence-corrected chi connectivity index (χ2v) is 13.8. The highest BCUT2D eigenvalue weighted by molar-refractivity contribution is 7.89. The molecule has 1 aliphatic carbocycles. The lowest BCUT2D eigenvalue weighted by Crippen LogP contribution is -2.39. The zero-order chi connectivity index (χ0) is 29.2. The Morgan fingerprint density at radius 1 is 1.12 bits per heavy atom. The number of rotatable bonds is 7. The molecule has 2 atom stereocenters. The van der Waals surface area contributed by atoms with Gasteiger partial charge in [0.05, 0.1) is 6.42 Å². The quantitative estimate of drug-likeness (QED) is 0.338. The molecule has 3 aliphatic rings. The number of hydrogen-bond donors (Lipinski definition) is 1. The number of benzene rings is 1. The Morgan fingerprint density at radius 3 is 2.74 bits per heavy atom. The molecule has 42 heavy (non-hydrogen) atoms. The molecule has 0 spiro atoms. The van der Waals surface area contributed by atoms with Crippen LogP contribution in [0, 0.1) is 13.8 Å². The molecule has 2 fully saturated rings. The van der Waals surface area contributed by atoms with Crippen LogP contribution in [0.1, 0.15) is 77.6 Å². The van der Waals surface area contributed by atoms with Crippen LogP contribution in [0.3, 0.4) is 0 Å². The number of carbonyl (C=O) groups is 1. The lowest BCUT2D eigenvalue weighted by atomic mass is 9.85. The summed E-state index contributed by atoms with van der Waals surface area (Å²) in [4.78, 5) is 19.0. The third-order valence-electron chi connectivity index (χ3n) is 9.14. The minimum Gasteiger partial charge on any atom is -0.481 e. The molecule has 4 aromatic rings. The molecule has 1 saturated carbocycles. The highest BCUT2D eigenvalue weighted by Crippen LogP contribution is 2.41. The van der Waals surface area contributed by atoms with Gasteiger partial charge in [0.1, 0.15) is 16.5 Å². The van der Waals surface area contributed by atoms with Crippen molar-refractivity contribution in [2.75, 3.05) is 18.0 Å². The zero-order valence-electron chi connectivity index (χ0n) is 23.8. The van der Waals surface area contributed by atoms with Crippen LogP contribution in [-0.2, 0) is 21.4 Å². The number of hydrogen-bond acceptors (Lipinski definition) is 7. The van der Waals surface area contributed by atoms with Crippen LogP contribution in [0.25, 0.3) is 5.65 Å². The van der Waals surface area contributed by atoms with E-state index < -0.39 is 21.9 Å². The van der Waals surface area contributed by atoms with Crippen LogP contribution in [0.4, 0.5) is 5.82 Å². The fraction of sp³-hybridized carbons (Fsp3) is 0.419. The Morgan fingerprint density at radius 2 is 1.95 bits per heavy atom. The molecule has 2 aliphatic heterocycles. The van der Waals surface area contributed by atoms with Crippen molar-refractivity contribution in [3.05, 3.63) is 82.4 Å². The first-order chi connectivity index (χ1) is 20.2. The maximum absolute atomic E-state index is 13.9. The van der Waals surface area contributed by atoms with Gasteiger partial charge in [-0.25, -0.2) is 13.4 Å². The Bertz CT molecular complexity index is 1820. The number of carboxylic acids is 1. The SMILES string of the molecule is Cc1ccc([C@@H](CC(=O)O)c2ccn3c(C4CC4)nnc3c2C)cc1CN1C[C@H]2CCCN2c2ncccc2S1(=O)=O. The van der Waals surface area contributed by atoms with Crippen molar-refractivity contribution in [3.63, 3.8) is 0 Å². The lowest BCUT2D eigenvalue weighted by molar-refractivity contribution is -0.137. The molecule has 1 aromatic carbocycles. The number of aryl methyl sites for hydroxylation is 2. The summed E-state index contributed by atoms with van der Waals surface area (Å²) in [6.45, 7) is 5.32. The van der Waals surface area contributed by atoms with Gasteiger partial charge in [0, 0.05) is 49.9 Å². The molecule has 10 nitrogen and oxygen atoms in total. The molecule has 0 bridgehead atoms. The van der Waals surface area contributed by atoms with Crippen LogP contribution in [-0.4, -0.2) is 62.5 Å². The number of fused-ring (bicyclic) bond motifs is 4. The zero-order valence-corrected chi connectivity index (χ0v) is 24.6. The first kappa shape index (κ1) is 27.0. The van der Waals surface area contributed by atoms with Gasteiger partial charge >= 0.3 is 5.97 Å². The van der Waals surface area contributed by atoms with Crippen LogP contribution >= 0.6 is 0 Å². The number of sulfonamides is 1. The monoisotopic (exact) mass is 586 g/mol. The summed E-state index contributed by atoms with van der Waals surface area (Å²) in [6, 6.07) is 11.3. The Labute approximate surface area is 245 Å². The Balaban J connectivity index is 1.27. The van der Waals surface area contributed by atoms with Gasteiger partial charge in [-0.3, -0.25) is 9.20 Å². The van der Waals surface area contributed by atoms with Gasteiger partial charge in [-0.2, -0.15) is 4.31 Å². The van der Waals surface area contributed by atoms with Crippen molar-refractivity contribution in [3.8, 4) is 0 Å². The van der Waals surface area contributed by atoms with Gasteiger partial charge in [-0.05, 0) is 85.5 Å². The largest absolute Gasteiger partial charge is 0.481 e. The predicted molar refractivity (Wildman–Crippen MR) is 157 cm³/mol. The van der Waals surface area contributed by atoms with E-state index in [1.807, 2.05) is 48.7 Å². The number of carboxylic acid groups (broad SMARTS) is 1. The summed E-state index contributed by atoms with van der Waals surface area (Å²) in [5.74, 6) is 0.613. The fourth-order valence-corrected chi connectivity index (χ4v) is 8.30. The van der Waals surface area contributed by atoms with Crippen molar-refractivity contribution in [2.24, 2.45) is 0 Å². The number of anilines is 1. The molecule has 3 aromatic heterocycles. The molecule has 218 valence electrons. The Hall–Kier alpha value is -3.83. The van der Waals surface area contributed by atoms with Gasteiger partial charge < -0.3 is 10.0 Å². The number of pyridine rings is 2. The molecule has 0 amide bonds. The third kappa shape index (κ3) is 4.55. The average molecular weight is 587 g/mol. The number of nitrogens with zero attached hydrogens (tertiary/aromatic N) is 6. The standard InChI is InChI=1S/C31H34N6O4S/c1-19-7-8-22(26(16-28(38)39)25-11-14-37-29(20(25)2)33-34-30(37)21-9-10-21)15-23(19)17-35-18-24-5-4-13-36(24)31-27(42(35,40)41)6-3-12-32-31/h3,6-8,11-12,14-15,21,24,26H,4-5,9-10,13,16-18H2,1-2H3,(H,38,39)/t24-,26-/m1/s1. The van der Waals surface area contributed by atoms with Gasteiger partial charge in [0.25, 0.3) is 0 Å².